The van der Waals surface area contributed by atoms with Crippen LogP contribution in [0.15, 0.2) is 158 Å². The maximum atomic E-state index is 5.35. The SMILES string of the molecule is CC1(C)c2cc3c(cc2-c2ccc4ccccc4c21)c1ccccc1n3-c1nc(-c2cccc3ccccc23)nc(-c2cccc3ccccc23)n1. The number of benzene rings is 8. The minimum absolute atomic E-state index is 0.206. The van der Waals surface area contributed by atoms with Gasteiger partial charge in [0, 0.05) is 27.3 Å². The predicted octanol–water partition coefficient (Wildman–Crippen LogP) is 12.1. The number of hydrogen-bond acceptors (Lipinski definition) is 3. The van der Waals surface area contributed by atoms with E-state index in [1.54, 1.807) is 0 Å². The van der Waals surface area contributed by atoms with Gasteiger partial charge in [-0.1, -0.05) is 153 Å². The summed E-state index contributed by atoms with van der Waals surface area (Å²) in [6.07, 6.45) is 0. The van der Waals surface area contributed by atoms with Crippen molar-refractivity contribution in [1.82, 2.24) is 19.5 Å². The van der Waals surface area contributed by atoms with Gasteiger partial charge in [0.25, 0.3) is 0 Å². The van der Waals surface area contributed by atoms with Gasteiger partial charge in [0.2, 0.25) is 5.95 Å². The Bertz CT molecular complexity index is 3010. The Kier molecular flexibility index (Phi) is 5.98. The zero-order valence-electron chi connectivity index (χ0n) is 28.8. The number of nitrogens with zero attached hydrogens (tertiary/aromatic N) is 4. The molecule has 0 atom stereocenters. The molecule has 52 heavy (non-hydrogen) atoms. The third-order valence-electron chi connectivity index (χ3n) is 11.2. The van der Waals surface area contributed by atoms with Crippen molar-refractivity contribution in [3.63, 3.8) is 0 Å². The Balaban J connectivity index is 1.23. The number of aromatic nitrogens is 4. The predicted molar refractivity (Wildman–Crippen MR) is 215 cm³/mol. The molecule has 0 bridgehead atoms. The first-order valence-corrected chi connectivity index (χ1v) is 17.9. The van der Waals surface area contributed by atoms with Crippen molar-refractivity contribution in [2.24, 2.45) is 0 Å². The van der Waals surface area contributed by atoms with Crippen molar-refractivity contribution >= 4 is 54.1 Å². The summed E-state index contributed by atoms with van der Waals surface area (Å²) >= 11 is 0. The fraction of sp³-hybridized carbons (Fsp3) is 0.0625. The van der Waals surface area contributed by atoms with Crippen LogP contribution < -0.4 is 0 Å². The van der Waals surface area contributed by atoms with Crippen LogP contribution in [0, 0.1) is 0 Å². The summed E-state index contributed by atoms with van der Waals surface area (Å²) in [5.74, 6) is 1.90. The Labute approximate surface area is 300 Å². The fourth-order valence-electron chi connectivity index (χ4n) is 8.82. The highest BCUT2D eigenvalue weighted by Gasteiger charge is 2.38. The second kappa shape index (κ2) is 10.7. The minimum atomic E-state index is -0.206. The molecule has 0 amide bonds. The van der Waals surface area contributed by atoms with Crippen LogP contribution in [-0.2, 0) is 5.41 Å². The molecule has 244 valence electrons. The van der Waals surface area contributed by atoms with Gasteiger partial charge in [-0.25, -0.2) is 4.98 Å². The smallest absolute Gasteiger partial charge is 0.238 e. The van der Waals surface area contributed by atoms with E-state index in [-0.39, 0.29) is 5.41 Å². The van der Waals surface area contributed by atoms with Gasteiger partial charge in [0.1, 0.15) is 0 Å². The lowest BCUT2D eigenvalue weighted by molar-refractivity contribution is 0.667. The molecule has 10 aromatic rings. The number of fused-ring (bicyclic) bond motifs is 10. The summed E-state index contributed by atoms with van der Waals surface area (Å²) in [6.45, 7) is 4.73. The van der Waals surface area contributed by atoms with Crippen LogP contribution >= 0.6 is 0 Å². The van der Waals surface area contributed by atoms with E-state index >= 15 is 0 Å². The highest BCUT2D eigenvalue weighted by molar-refractivity contribution is 6.12. The molecule has 0 aliphatic heterocycles. The summed E-state index contributed by atoms with van der Waals surface area (Å²) in [7, 11) is 0. The average molecular weight is 665 g/mol. The largest absolute Gasteiger partial charge is 0.278 e. The molecule has 0 saturated carbocycles. The lowest BCUT2D eigenvalue weighted by Gasteiger charge is -2.23. The Morgan fingerprint density at radius 3 is 1.60 bits per heavy atom. The van der Waals surface area contributed by atoms with E-state index in [0.29, 0.717) is 17.6 Å². The molecule has 8 aromatic carbocycles. The first kappa shape index (κ1) is 29.1. The van der Waals surface area contributed by atoms with Crippen molar-refractivity contribution in [3.05, 3.63) is 169 Å². The molecule has 4 heteroatoms. The van der Waals surface area contributed by atoms with Crippen molar-refractivity contribution < 1.29 is 0 Å². The van der Waals surface area contributed by atoms with E-state index in [2.05, 4.69) is 176 Å². The zero-order chi connectivity index (χ0) is 34.6. The Morgan fingerprint density at radius 1 is 0.404 bits per heavy atom. The lowest BCUT2D eigenvalue weighted by atomic mass is 9.80. The molecule has 4 nitrogen and oxygen atoms in total. The first-order chi connectivity index (χ1) is 25.5. The molecule has 0 fully saturated rings. The normalized spacial score (nSPS) is 13.3. The van der Waals surface area contributed by atoms with Crippen LogP contribution in [0.4, 0.5) is 0 Å². The fourth-order valence-corrected chi connectivity index (χ4v) is 8.82. The lowest BCUT2D eigenvalue weighted by Crippen LogP contribution is -2.15. The van der Waals surface area contributed by atoms with Crippen LogP contribution in [-0.4, -0.2) is 19.5 Å². The second-order valence-corrected chi connectivity index (χ2v) is 14.4. The molecule has 0 saturated heterocycles. The number of para-hydroxylation sites is 1. The summed E-state index contributed by atoms with van der Waals surface area (Å²) in [5.41, 5.74) is 9.22. The third-order valence-corrected chi connectivity index (χ3v) is 11.2. The third kappa shape index (κ3) is 4.06. The number of hydrogen-bond donors (Lipinski definition) is 0. The van der Waals surface area contributed by atoms with Gasteiger partial charge in [0.05, 0.1) is 11.0 Å². The molecule has 11 rings (SSSR count). The maximum Gasteiger partial charge on any atom is 0.238 e. The van der Waals surface area contributed by atoms with Crippen molar-refractivity contribution in [2.75, 3.05) is 0 Å². The van der Waals surface area contributed by atoms with E-state index in [9.17, 15) is 0 Å². The van der Waals surface area contributed by atoms with Gasteiger partial charge in [0.15, 0.2) is 11.6 Å². The Hall–Kier alpha value is -6.65. The topological polar surface area (TPSA) is 43.6 Å². The Morgan fingerprint density at radius 2 is 0.942 bits per heavy atom. The van der Waals surface area contributed by atoms with Gasteiger partial charge < -0.3 is 0 Å². The molecule has 2 aromatic heterocycles. The molecule has 2 heterocycles. The molecule has 0 N–H and O–H groups in total. The average Bonchev–Trinajstić information content (AvgIpc) is 3.64. The van der Waals surface area contributed by atoms with E-state index in [4.69, 9.17) is 15.0 Å². The molecule has 0 unspecified atom stereocenters. The number of rotatable bonds is 3. The van der Waals surface area contributed by atoms with Crippen molar-refractivity contribution in [2.45, 2.75) is 19.3 Å². The molecule has 1 aliphatic rings. The van der Waals surface area contributed by atoms with Crippen LogP contribution in [0.25, 0.3) is 94.0 Å². The van der Waals surface area contributed by atoms with Gasteiger partial charge >= 0.3 is 0 Å². The van der Waals surface area contributed by atoms with E-state index in [0.717, 1.165) is 43.7 Å². The molecular weight excluding hydrogens is 633 g/mol. The molecule has 1 aliphatic carbocycles. The minimum Gasteiger partial charge on any atom is -0.278 e. The second-order valence-electron chi connectivity index (χ2n) is 14.4. The standard InChI is InChI=1S/C48H32N4/c1-48(2)41-28-43-40(27-39(41)36-26-25-31-15-5-8-20-34(31)44(36)48)35-21-9-10-24-42(35)52(43)47-50-45(37-22-11-16-29-13-3-6-18-32(29)37)49-46(51-47)38-23-12-17-30-14-4-7-19-33(30)38/h3-28H,1-2H3. The van der Waals surface area contributed by atoms with Crippen LogP contribution in [0.1, 0.15) is 25.0 Å². The molecule has 0 radical (unpaired) electrons. The maximum absolute atomic E-state index is 5.35. The van der Waals surface area contributed by atoms with Crippen molar-refractivity contribution in [1.29, 1.82) is 0 Å². The summed E-state index contributed by atoms with van der Waals surface area (Å²) in [5, 5.41) is 9.46. The molecular formula is C48H32N4. The first-order valence-electron chi connectivity index (χ1n) is 17.9. The van der Waals surface area contributed by atoms with Gasteiger partial charge in [-0.15, -0.1) is 0 Å². The highest BCUT2D eigenvalue weighted by atomic mass is 15.2. The van der Waals surface area contributed by atoms with Gasteiger partial charge in [-0.05, 0) is 72.8 Å². The van der Waals surface area contributed by atoms with E-state index in [1.807, 2.05) is 0 Å². The zero-order valence-corrected chi connectivity index (χ0v) is 28.8. The van der Waals surface area contributed by atoms with Gasteiger partial charge in [-0.3, -0.25) is 4.57 Å². The summed E-state index contributed by atoms with van der Waals surface area (Å²) < 4.78 is 2.26. The van der Waals surface area contributed by atoms with Crippen LogP contribution in [0.5, 0.6) is 0 Å². The van der Waals surface area contributed by atoms with Crippen molar-refractivity contribution in [3.8, 4) is 39.9 Å². The van der Waals surface area contributed by atoms with E-state index in [1.165, 1.54) is 43.8 Å². The van der Waals surface area contributed by atoms with E-state index < -0.39 is 0 Å². The quantitative estimate of drug-likeness (QED) is 0.189. The summed E-state index contributed by atoms with van der Waals surface area (Å²) in [4.78, 5) is 16.0. The molecule has 0 spiro atoms. The van der Waals surface area contributed by atoms with Crippen LogP contribution in [0.2, 0.25) is 0 Å². The van der Waals surface area contributed by atoms with Crippen LogP contribution in [0.3, 0.4) is 0 Å². The summed E-state index contributed by atoms with van der Waals surface area (Å²) in [6, 6.07) is 56.4. The van der Waals surface area contributed by atoms with Gasteiger partial charge in [-0.2, -0.15) is 9.97 Å². The highest BCUT2D eigenvalue weighted by Crippen LogP contribution is 2.53. The monoisotopic (exact) mass is 664 g/mol.